The third kappa shape index (κ3) is 6.32. The summed E-state index contributed by atoms with van der Waals surface area (Å²) in [6.45, 7) is 12.9. The smallest absolute Gasteiger partial charge is 0.482 e. The molecule has 0 spiro atoms. The van der Waals surface area contributed by atoms with Crippen molar-refractivity contribution >= 4 is 19.0 Å². The number of nitrogens with zero attached hydrogens (tertiary/aromatic N) is 4. The predicted octanol–water partition coefficient (Wildman–Crippen LogP) is 3.30. The molecule has 4 fully saturated rings. The molecule has 5 atom stereocenters. The summed E-state index contributed by atoms with van der Waals surface area (Å²) >= 11 is 0. The lowest BCUT2D eigenvalue weighted by Crippen LogP contribution is -2.65. The second kappa shape index (κ2) is 11.5. The molecule has 2 heterocycles. The van der Waals surface area contributed by atoms with Crippen LogP contribution in [0.1, 0.15) is 76.0 Å². The van der Waals surface area contributed by atoms with Crippen LogP contribution >= 0.6 is 0 Å². The quantitative estimate of drug-likeness (QED) is 0.326. The van der Waals surface area contributed by atoms with E-state index < -0.39 is 30.2 Å². The van der Waals surface area contributed by atoms with Gasteiger partial charge in [-0.05, 0) is 89.9 Å². The maximum atomic E-state index is 13.4. The number of ether oxygens (including phenoxy) is 2. The fourth-order valence-corrected chi connectivity index (χ4v) is 7.22. The zero-order valence-electron chi connectivity index (χ0n) is 27.0. The summed E-state index contributed by atoms with van der Waals surface area (Å²) in [7, 11) is 4.76. The average molecular weight is 596 g/mol. The fraction of sp³-hybridized carbons (Fsp3) is 0.677. The van der Waals surface area contributed by atoms with E-state index in [-0.39, 0.29) is 24.0 Å². The van der Waals surface area contributed by atoms with Crippen molar-refractivity contribution in [2.24, 2.45) is 17.3 Å². The molecule has 12 heteroatoms. The molecule has 0 radical (unpaired) electrons. The van der Waals surface area contributed by atoms with Crippen LogP contribution in [0.4, 0.5) is 0 Å². The molecule has 2 aromatic rings. The van der Waals surface area contributed by atoms with Gasteiger partial charge in [-0.25, -0.2) is 9.48 Å². The van der Waals surface area contributed by atoms with Gasteiger partial charge in [0.2, 0.25) is 5.91 Å². The first kappa shape index (κ1) is 31.5. The molecule has 43 heavy (non-hydrogen) atoms. The average Bonchev–Trinajstić information content (AvgIpc) is 3.49. The third-order valence-electron chi connectivity index (χ3n) is 9.37. The lowest BCUT2D eigenvalue weighted by atomic mass is 9.43. The Morgan fingerprint density at radius 1 is 1.23 bits per heavy atom. The molecule has 6 rings (SSSR count). The van der Waals surface area contributed by atoms with Crippen molar-refractivity contribution in [3.05, 3.63) is 41.2 Å². The van der Waals surface area contributed by atoms with Gasteiger partial charge >= 0.3 is 13.1 Å². The Morgan fingerprint density at radius 2 is 1.98 bits per heavy atom. The first-order valence-electron chi connectivity index (χ1n) is 15.2. The van der Waals surface area contributed by atoms with Gasteiger partial charge in [-0.3, -0.25) is 4.79 Å². The monoisotopic (exact) mass is 595 g/mol. The molecule has 3 saturated carbocycles. The summed E-state index contributed by atoms with van der Waals surface area (Å²) in [6, 6.07) is 5.38. The minimum Gasteiger partial charge on any atom is -0.496 e. The van der Waals surface area contributed by atoms with Crippen LogP contribution < -0.4 is 10.1 Å². The van der Waals surface area contributed by atoms with Crippen molar-refractivity contribution in [3.63, 3.8) is 0 Å². The molecule has 1 N–H and O–H groups in total. The number of carbonyl (C=O) groups is 2. The molecular formula is C31H46BN5O6. The summed E-state index contributed by atoms with van der Waals surface area (Å²) in [5.41, 5.74) is 0.925. The number of benzene rings is 1. The number of hydrogen-bond donors (Lipinski definition) is 1. The molecule has 234 valence electrons. The highest BCUT2D eigenvalue weighted by Crippen LogP contribution is 2.65. The van der Waals surface area contributed by atoms with E-state index in [2.05, 4.69) is 36.4 Å². The highest BCUT2D eigenvalue weighted by atomic mass is 16.7. The van der Waals surface area contributed by atoms with Crippen LogP contribution in [-0.2, 0) is 38.4 Å². The van der Waals surface area contributed by atoms with Crippen LogP contribution in [0.15, 0.2) is 24.4 Å². The number of nitrogens with one attached hydrogen (secondary N) is 1. The molecular weight excluding hydrogens is 549 g/mol. The molecule has 1 saturated heterocycles. The van der Waals surface area contributed by atoms with Gasteiger partial charge in [0.15, 0.2) is 0 Å². The van der Waals surface area contributed by atoms with Crippen molar-refractivity contribution < 1.29 is 28.4 Å². The van der Waals surface area contributed by atoms with Gasteiger partial charge < -0.3 is 29.0 Å². The molecule has 1 aromatic carbocycles. The van der Waals surface area contributed by atoms with E-state index in [0.717, 1.165) is 24.1 Å². The third-order valence-corrected chi connectivity index (χ3v) is 9.37. The van der Waals surface area contributed by atoms with E-state index in [4.69, 9.17) is 18.8 Å². The fourth-order valence-electron chi connectivity index (χ4n) is 7.22. The SMILES string of the molecule is COc1c(C[C@H](NC(=O)Cn2cc(CN(C)C)nn2)B2O[C@@H]3C[C@@H]4C[C@@H](C4(C)C)[C@]3(C)O2)cccc1C(=O)OC(C)(C)C. The zero-order chi connectivity index (χ0) is 31.3. The first-order valence-corrected chi connectivity index (χ1v) is 15.2. The number of aromatic nitrogens is 3. The lowest BCUT2D eigenvalue weighted by Gasteiger charge is -2.64. The molecule has 2 bridgehead atoms. The summed E-state index contributed by atoms with van der Waals surface area (Å²) in [6.07, 6.45) is 4.10. The van der Waals surface area contributed by atoms with Crippen molar-refractivity contribution in [2.45, 2.75) is 97.1 Å². The molecule has 3 aliphatic carbocycles. The summed E-state index contributed by atoms with van der Waals surface area (Å²) in [5.74, 6) is 0.111. The topological polar surface area (TPSA) is 117 Å². The molecule has 4 aliphatic rings. The molecule has 1 aromatic heterocycles. The lowest BCUT2D eigenvalue weighted by molar-refractivity contribution is -0.199. The summed E-state index contributed by atoms with van der Waals surface area (Å²) in [5, 5.41) is 11.5. The minimum atomic E-state index is -0.677. The highest BCUT2D eigenvalue weighted by molar-refractivity contribution is 6.48. The van der Waals surface area contributed by atoms with Crippen molar-refractivity contribution in [1.82, 2.24) is 25.2 Å². The Bertz CT molecular complexity index is 1360. The summed E-state index contributed by atoms with van der Waals surface area (Å²) < 4.78 is 26.3. The number of carbonyl (C=O) groups excluding carboxylic acids is 2. The highest BCUT2D eigenvalue weighted by Gasteiger charge is 2.68. The number of methoxy groups -OCH3 is 1. The van der Waals surface area contributed by atoms with E-state index in [0.29, 0.717) is 36.1 Å². The van der Waals surface area contributed by atoms with Crippen molar-refractivity contribution in [1.29, 1.82) is 0 Å². The second-order valence-corrected chi connectivity index (χ2v) is 14.4. The number of hydrogen-bond acceptors (Lipinski definition) is 9. The van der Waals surface area contributed by atoms with Gasteiger partial charge in [-0.2, -0.15) is 0 Å². The van der Waals surface area contributed by atoms with E-state index in [1.54, 1.807) is 18.3 Å². The van der Waals surface area contributed by atoms with E-state index in [1.807, 2.05) is 45.8 Å². The van der Waals surface area contributed by atoms with Crippen LogP contribution in [0, 0.1) is 17.3 Å². The molecule has 1 aliphatic heterocycles. The van der Waals surface area contributed by atoms with Gasteiger partial charge in [0.05, 0.1) is 36.6 Å². The normalized spacial score (nSPS) is 26.5. The van der Waals surface area contributed by atoms with Crippen molar-refractivity contribution in [3.8, 4) is 5.75 Å². The molecule has 1 amide bonds. The minimum absolute atomic E-state index is 0.00282. The Labute approximate surface area is 255 Å². The van der Waals surface area contributed by atoms with E-state index in [1.165, 1.54) is 11.8 Å². The van der Waals surface area contributed by atoms with Gasteiger partial charge in [0.1, 0.15) is 23.5 Å². The van der Waals surface area contributed by atoms with Gasteiger partial charge in [0, 0.05) is 6.54 Å². The largest absolute Gasteiger partial charge is 0.496 e. The maximum Gasteiger partial charge on any atom is 0.482 e. The van der Waals surface area contributed by atoms with Crippen LogP contribution in [0.3, 0.4) is 0 Å². The number of para-hydroxylation sites is 1. The zero-order valence-corrected chi connectivity index (χ0v) is 27.0. The van der Waals surface area contributed by atoms with Gasteiger partial charge in [0.25, 0.3) is 0 Å². The van der Waals surface area contributed by atoms with Crippen LogP contribution in [0.25, 0.3) is 0 Å². The summed E-state index contributed by atoms with van der Waals surface area (Å²) in [4.78, 5) is 28.5. The Hall–Kier alpha value is -2.96. The Kier molecular flexibility index (Phi) is 8.43. The van der Waals surface area contributed by atoms with E-state index >= 15 is 0 Å². The number of esters is 1. The van der Waals surface area contributed by atoms with Crippen LogP contribution in [0.5, 0.6) is 5.75 Å². The molecule has 0 unspecified atom stereocenters. The van der Waals surface area contributed by atoms with Crippen molar-refractivity contribution in [2.75, 3.05) is 21.2 Å². The first-order chi connectivity index (χ1) is 20.1. The standard InChI is InChI=1S/C31H46BN5O6/c1-29(2,3)41-28(39)22-12-10-11-19(27(22)40-9)13-25(33-26(38)18-37-17-21(34-35-37)16-36(7)8)32-42-24-15-20-14-23(30(20,4)5)31(24,6)43-32/h10-12,17,20,23-25H,13-16,18H2,1-9H3,(H,33,38)/t20-,23-,24+,25-,31-/m0/s1. The van der Waals surface area contributed by atoms with Crippen LogP contribution in [0.2, 0.25) is 0 Å². The van der Waals surface area contributed by atoms with Crippen LogP contribution in [-0.4, -0.2) is 83.3 Å². The Balaban J connectivity index is 1.40. The van der Waals surface area contributed by atoms with E-state index in [9.17, 15) is 9.59 Å². The van der Waals surface area contributed by atoms with Gasteiger partial charge in [-0.15, -0.1) is 5.10 Å². The second-order valence-electron chi connectivity index (χ2n) is 14.4. The Morgan fingerprint density at radius 3 is 2.63 bits per heavy atom. The predicted molar refractivity (Wildman–Crippen MR) is 161 cm³/mol. The molecule has 11 nitrogen and oxygen atoms in total. The number of rotatable bonds is 10. The number of amides is 1. The maximum absolute atomic E-state index is 13.4. The van der Waals surface area contributed by atoms with Gasteiger partial charge in [-0.1, -0.05) is 31.2 Å².